The number of benzene rings is 4. The van der Waals surface area contributed by atoms with Crippen molar-refractivity contribution in [3.05, 3.63) is 108 Å². The molecule has 156 valence electrons. The lowest BCUT2D eigenvalue weighted by Crippen LogP contribution is -2.14. The molecule has 1 N–H and O–H groups in total. The number of fused-ring (bicyclic) bond motifs is 1. The first-order valence-corrected chi connectivity index (χ1v) is 10.2. The first-order valence-electron chi connectivity index (χ1n) is 9.86. The highest BCUT2D eigenvalue weighted by atomic mass is 35.5. The van der Waals surface area contributed by atoms with E-state index in [1.807, 2.05) is 42.5 Å². The van der Waals surface area contributed by atoms with Gasteiger partial charge in [-0.25, -0.2) is 14.1 Å². The lowest BCUT2D eigenvalue weighted by atomic mass is 10.1. The third-order valence-electron chi connectivity index (χ3n) is 4.99. The highest BCUT2D eigenvalue weighted by Gasteiger charge is 2.19. The van der Waals surface area contributed by atoms with E-state index in [9.17, 15) is 9.18 Å². The van der Waals surface area contributed by atoms with Crippen molar-refractivity contribution in [1.29, 1.82) is 0 Å². The number of hydrogen-bond acceptors (Lipinski definition) is 3. The van der Waals surface area contributed by atoms with Gasteiger partial charge in [-0.3, -0.25) is 4.79 Å². The second kappa shape index (κ2) is 8.24. The normalized spacial score (nSPS) is 10.9. The third-order valence-corrected chi connectivity index (χ3v) is 5.24. The minimum atomic E-state index is -0.448. The Kier molecular flexibility index (Phi) is 5.13. The molecule has 0 radical (unpaired) electrons. The number of aromatic nitrogens is 3. The molecule has 0 saturated carbocycles. The van der Waals surface area contributed by atoms with Gasteiger partial charge in [0.15, 0.2) is 5.82 Å². The fourth-order valence-corrected chi connectivity index (χ4v) is 3.54. The number of carbonyl (C=O) groups excluding carboxylic acids is 1. The van der Waals surface area contributed by atoms with Crippen molar-refractivity contribution in [2.75, 3.05) is 5.32 Å². The standard InChI is InChI=1S/C25H16ClFN4O/c26-19-8-5-17(6-9-19)24-29-23(30-31(24)22-13-10-20(27)11-14-22)25(32)28-21-12-7-16-3-1-2-4-18(16)15-21/h1-15H,(H,28,32). The zero-order valence-corrected chi connectivity index (χ0v) is 17.4. The van der Waals surface area contributed by atoms with Gasteiger partial charge in [0, 0.05) is 16.3 Å². The van der Waals surface area contributed by atoms with Crippen LogP contribution in [0.2, 0.25) is 5.02 Å². The smallest absolute Gasteiger partial charge is 0.295 e. The number of nitrogens with one attached hydrogen (secondary N) is 1. The molecule has 0 spiro atoms. The summed E-state index contributed by atoms with van der Waals surface area (Å²) < 4.78 is 14.9. The molecule has 0 saturated heterocycles. The van der Waals surface area contributed by atoms with Crippen LogP contribution in [0.3, 0.4) is 0 Å². The summed E-state index contributed by atoms with van der Waals surface area (Å²) in [6.07, 6.45) is 0. The molecule has 0 aliphatic carbocycles. The molecular formula is C25H16ClFN4O. The molecule has 0 fully saturated rings. The largest absolute Gasteiger partial charge is 0.319 e. The zero-order chi connectivity index (χ0) is 22.1. The van der Waals surface area contributed by atoms with Gasteiger partial charge in [-0.2, -0.15) is 0 Å². The van der Waals surface area contributed by atoms with Crippen molar-refractivity contribution in [3.8, 4) is 17.1 Å². The minimum Gasteiger partial charge on any atom is -0.319 e. The number of nitrogens with zero attached hydrogens (tertiary/aromatic N) is 3. The Morgan fingerprint density at radius 3 is 2.34 bits per heavy atom. The van der Waals surface area contributed by atoms with E-state index in [1.165, 1.54) is 16.8 Å². The van der Waals surface area contributed by atoms with Crippen LogP contribution in [0.4, 0.5) is 10.1 Å². The molecule has 5 aromatic rings. The maximum atomic E-state index is 13.4. The first-order chi connectivity index (χ1) is 15.6. The Labute approximate surface area is 188 Å². The van der Waals surface area contributed by atoms with Crippen molar-refractivity contribution in [1.82, 2.24) is 14.8 Å². The second-order valence-corrected chi connectivity index (χ2v) is 7.61. The Bertz CT molecular complexity index is 1370. The van der Waals surface area contributed by atoms with Gasteiger partial charge in [0.25, 0.3) is 5.91 Å². The highest BCUT2D eigenvalue weighted by molar-refractivity contribution is 6.30. The topological polar surface area (TPSA) is 59.8 Å². The van der Waals surface area contributed by atoms with Gasteiger partial charge in [0.05, 0.1) is 5.69 Å². The number of amides is 1. The molecule has 4 aromatic carbocycles. The molecule has 0 aliphatic heterocycles. The Morgan fingerprint density at radius 1 is 0.875 bits per heavy atom. The number of anilines is 1. The lowest BCUT2D eigenvalue weighted by molar-refractivity contribution is 0.101. The fourth-order valence-electron chi connectivity index (χ4n) is 3.41. The Hall–Kier alpha value is -4.03. The van der Waals surface area contributed by atoms with E-state index in [4.69, 9.17) is 11.6 Å². The Balaban J connectivity index is 1.52. The molecule has 5 rings (SSSR count). The van der Waals surface area contributed by atoms with Crippen LogP contribution in [0, 0.1) is 5.82 Å². The molecule has 0 aliphatic rings. The molecule has 1 heterocycles. The zero-order valence-electron chi connectivity index (χ0n) is 16.7. The van der Waals surface area contributed by atoms with Crippen LogP contribution in [0.1, 0.15) is 10.6 Å². The van der Waals surface area contributed by atoms with Crippen LogP contribution >= 0.6 is 11.6 Å². The van der Waals surface area contributed by atoms with Gasteiger partial charge in [-0.05, 0) is 71.4 Å². The van der Waals surface area contributed by atoms with Crippen molar-refractivity contribution < 1.29 is 9.18 Å². The van der Waals surface area contributed by atoms with Gasteiger partial charge in [-0.1, -0.05) is 41.9 Å². The number of hydrogen-bond donors (Lipinski definition) is 1. The summed E-state index contributed by atoms with van der Waals surface area (Å²) in [5.41, 5.74) is 1.93. The van der Waals surface area contributed by atoms with Gasteiger partial charge >= 0.3 is 0 Å². The average Bonchev–Trinajstić information content (AvgIpc) is 3.26. The van der Waals surface area contributed by atoms with Crippen LogP contribution in [0.15, 0.2) is 91.0 Å². The molecular weight excluding hydrogens is 427 g/mol. The lowest BCUT2D eigenvalue weighted by Gasteiger charge is -2.06. The van der Waals surface area contributed by atoms with Crippen LogP contribution in [0.25, 0.3) is 27.8 Å². The number of halogens is 2. The van der Waals surface area contributed by atoms with Crippen molar-refractivity contribution in [3.63, 3.8) is 0 Å². The van der Waals surface area contributed by atoms with Crippen LogP contribution in [-0.4, -0.2) is 20.7 Å². The van der Waals surface area contributed by atoms with E-state index < -0.39 is 5.91 Å². The molecule has 0 atom stereocenters. The van der Waals surface area contributed by atoms with Crippen molar-refractivity contribution >= 4 is 34.0 Å². The minimum absolute atomic E-state index is 0.00701. The molecule has 5 nitrogen and oxygen atoms in total. The quantitative estimate of drug-likeness (QED) is 0.364. The third kappa shape index (κ3) is 3.96. The average molecular weight is 443 g/mol. The molecule has 0 unspecified atom stereocenters. The molecule has 1 aromatic heterocycles. The van der Waals surface area contributed by atoms with Crippen LogP contribution in [-0.2, 0) is 0 Å². The van der Waals surface area contributed by atoms with E-state index in [0.717, 1.165) is 16.3 Å². The van der Waals surface area contributed by atoms with E-state index in [1.54, 1.807) is 36.4 Å². The number of carbonyl (C=O) groups is 1. The van der Waals surface area contributed by atoms with Crippen LogP contribution < -0.4 is 5.32 Å². The summed E-state index contributed by atoms with van der Waals surface area (Å²) in [4.78, 5) is 17.4. The van der Waals surface area contributed by atoms with Gasteiger partial charge < -0.3 is 5.32 Å². The summed E-state index contributed by atoms with van der Waals surface area (Å²) >= 11 is 6.01. The highest BCUT2D eigenvalue weighted by Crippen LogP contribution is 2.24. The summed E-state index contributed by atoms with van der Waals surface area (Å²) in [5.74, 6) is -0.378. The maximum Gasteiger partial charge on any atom is 0.295 e. The van der Waals surface area contributed by atoms with E-state index in [2.05, 4.69) is 15.4 Å². The van der Waals surface area contributed by atoms with Gasteiger partial charge in [-0.15, -0.1) is 5.10 Å². The summed E-state index contributed by atoms with van der Waals surface area (Å²) in [5, 5.41) is 9.93. The molecule has 7 heteroatoms. The maximum absolute atomic E-state index is 13.4. The van der Waals surface area contributed by atoms with E-state index in [0.29, 0.717) is 22.2 Å². The van der Waals surface area contributed by atoms with E-state index in [-0.39, 0.29) is 11.6 Å². The second-order valence-electron chi connectivity index (χ2n) is 7.17. The SMILES string of the molecule is O=C(Nc1ccc2ccccc2c1)c1nc(-c2ccc(Cl)cc2)n(-c2ccc(F)cc2)n1. The molecule has 0 bridgehead atoms. The van der Waals surface area contributed by atoms with Gasteiger partial charge in [0.2, 0.25) is 5.82 Å². The fraction of sp³-hybridized carbons (Fsp3) is 0. The van der Waals surface area contributed by atoms with Crippen LogP contribution in [0.5, 0.6) is 0 Å². The van der Waals surface area contributed by atoms with Crippen molar-refractivity contribution in [2.45, 2.75) is 0 Å². The molecule has 1 amide bonds. The number of rotatable bonds is 4. The van der Waals surface area contributed by atoms with Crippen molar-refractivity contribution in [2.24, 2.45) is 0 Å². The predicted octanol–water partition coefficient (Wildman–Crippen LogP) is 6.13. The Morgan fingerprint density at radius 2 is 1.59 bits per heavy atom. The monoisotopic (exact) mass is 442 g/mol. The summed E-state index contributed by atoms with van der Waals surface area (Å²) in [6.45, 7) is 0. The van der Waals surface area contributed by atoms with E-state index >= 15 is 0 Å². The first kappa shape index (κ1) is 19.9. The predicted molar refractivity (Wildman–Crippen MR) is 124 cm³/mol. The summed E-state index contributed by atoms with van der Waals surface area (Å²) in [6, 6.07) is 26.4. The summed E-state index contributed by atoms with van der Waals surface area (Å²) in [7, 11) is 0. The van der Waals surface area contributed by atoms with Gasteiger partial charge in [0.1, 0.15) is 5.82 Å². The molecule has 32 heavy (non-hydrogen) atoms.